The van der Waals surface area contributed by atoms with Crippen molar-refractivity contribution in [1.29, 1.82) is 0 Å². The van der Waals surface area contributed by atoms with Crippen LogP contribution in [0.3, 0.4) is 0 Å². The maximum atomic E-state index is 11.6. The van der Waals surface area contributed by atoms with Crippen molar-refractivity contribution >= 4 is 5.91 Å². The van der Waals surface area contributed by atoms with Gasteiger partial charge < -0.3 is 11.1 Å². The number of carbonyl (C=O) groups excluding carboxylic acids is 1. The molecule has 88 valence electrons. The van der Waals surface area contributed by atoms with Crippen LogP contribution in [-0.4, -0.2) is 18.5 Å². The second-order valence-electron chi connectivity index (χ2n) is 5.69. The van der Waals surface area contributed by atoms with Gasteiger partial charge in [0.05, 0.1) is 0 Å². The molecular formula is C12H24N2O. The van der Waals surface area contributed by atoms with E-state index in [2.05, 4.69) is 33.0 Å². The molecule has 1 amide bonds. The number of carbonyl (C=O) groups is 1. The van der Waals surface area contributed by atoms with E-state index in [4.69, 9.17) is 5.73 Å². The fourth-order valence-electron chi connectivity index (χ4n) is 2.22. The summed E-state index contributed by atoms with van der Waals surface area (Å²) in [6, 6.07) is 0.329. The number of unbranched alkanes of at least 4 members (excludes halogenated alkanes) is 1. The fourth-order valence-corrected chi connectivity index (χ4v) is 2.22. The summed E-state index contributed by atoms with van der Waals surface area (Å²) >= 11 is 0. The van der Waals surface area contributed by atoms with E-state index in [0.29, 0.717) is 19.0 Å². The van der Waals surface area contributed by atoms with Crippen molar-refractivity contribution in [2.24, 2.45) is 16.6 Å². The van der Waals surface area contributed by atoms with Gasteiger partial charge in [-0.1, -0.05) is 27.7 Å². The van der Waals surface area contributed by atoms with Gasteiger partial charge in [0, 0.05) is 12.5 Å². The van der Waals surface area contributed by atoms with E-state index >= 15 is 0 Å². The molecule has 0 unspecified atom stereocenters. The van der Waals surface area contributed by atoms with E-state index < -0.39 is 0 Å². The first kappa shape index (κ1) is 12.5. The van der Waals surface area contributed by atoms with Crippen LogP contribution in [-0.2, 0) is 4.79 Å². The highest BCUT2D eigenvalue weighted by atomic mass is 16.1. The van der Waals surface area contributed by atoms with Crippen LogP contribution in [0.1, 0.15) is 47.0 Å². The molecule has 0 aliphatic heterocycles. The molecule has 0 atom stereocenters. The van der Waals surface area contributed by atoms with Gasteiger partial charge >= 0.3 is 0 Å². The van der Waals surface area contributed by atoms with E-state index in [9.17, 15) is 4.79 Å². The van der Waals surface area contributed by atoms with Gasteiger partial charge in [0.25, 0.3) is 0 Å². The average molecular weight is 212 g/mol. The molecule has 0 aromatic carbocycles. The van der Waals surface area contributed by atoms with E-state index in [0.717, 1.165) is 12.8 Å². The van der Waals surface area contributed by atoms with Crippen molar-refractivity contribution in [1.82, 2.24) is 5.32 Å². The van der Waals surface area contributed by atoms with E-state index in [1.807, 2.05) is 0 Å². The molecule has 3 N–H and O–H groups in total. The third-order valence-electron chi connectivity index (χ3n) is 4.18. The Morgan fingerprint density at radius 3 is 2.13 bits per heavy atom. The van der Waals surface area contributed by atoms with E-state index in [1.165, 1.54) is 0 Å². The minimum Gasteiger partial charge on any atom is -0.352 e. The SMILES string of the molecule is CC1(C)C(NC(=O)CCCCN)C1(C)C. The van der Waals surface area contributed by atoms with Crippen molar-refractivity contribution in [3.8, 4) is 0 Å². The summed E-state index contributed by atoms with van der Waals surface area (Å²) in [6.07, 6.45) is 2.45. The predicted molar refractivity (Wildman–Crippen MR) is 62.4 cm³/mol. The second kappa shape index (κ2) is 4.12. The first-order valence-corrected chi connectivity index (χ1v) is 5.83. The maximum Gasteiger partial charge on any atom is 0.220 e. The van der Waals surface area contributed by atoms with Gasteiger partial charge in [-0.2, -0.15) is 0 Å². The summed E-state index contributed by atoms with van der Waals surface area (Å²) in [5, 5.41) is 3.11. The van der Waals surface area contributed by atoms with E-state index in [1.54, 1.807) is 0 Å². The fraction of sp³-hybridized carbons (Fsp3) is 0.917. The van der Waals surface area contributed by atoms with Crippen molar-refractivity contribution in [3.63, 3.8) is 0 Å². The van der Waals surface area contributed by atoms with Crippen molar-refractivity contribution < 1.29 is 4.79 Å². The molecule has 0 radical (unpaired) electrons. The number of rotatable bonds is 5. The molecule has 0 heterocycles. The molecule has 0 bridgehead atoms. The van der Waals surface area contributed by atoms with Gasteiger partial charge in [-0.3, -0.25) is 4.79 Å². The van der Waals surface area contributed by atoms with Crippen LogP contribution in [0.25, 0.3) is 0 Å². The molecule has 0 spiro atoms. The minimum atomic E-state index is 0.173. The highest BCUT2D eigenvalue weighted by Gasteiger charge is 2.65. The lowest BCUT2D eigenvalue weighted by Gasteiger charge is -2.06. The minimum absolute atomic E-state index is 0.173. The van der Waals surface area contributed by atoms with Crippen LogP contribution in [0.5, 0.6) is 0 Å². The van der Waals surface area contributed by atoms with Gasteiger partial charge in [0.1, 0.15) is 0 Å². The lowest BCUT2D eigenvalue weighted by molar-refractivity contribution is -0.121. The topological polar surface area (TPSA) is 55.1 Å². The van der Waals surface area contributed by atoms with Crippen molar-refractivity contribution in [2.75, 3.05) is 6.54 Å². The number of hydrogen-bond acceptors (Lipinski definition) is 2. The van der Waals surface area contributed by atoms with Crippen LogP contribution < -0.4 is 11.1 Å². The number of nitrogens with one attached hydrogen (secondary N) is 1. The molecular weight excluding hydrogens is 188 g/mol. The Labute approximate surface area is 92.8 Å². The third kappa shape index (κ3) is 2.33. The van der Waals surface area contributed by atoms with Crippen LogP contribution in [0.2, 0.25) is 0 Å². The summed E-state index contributed by atoms with van der Waals surface area (Å²) in [5.74, 6) is 0.173. The van der Waals surface area contributed by atoms with Crippen LogP contribution in [0.4, 0.5) is 0 Å². The summed E-state index contributed by atoms with van der Waals surface area (Å²) in [4.78, 5) is 11.6. The molecule has 0 saturated heterocycles. The van der Waals surface area contributed by atoms with Crippen LogP contribution in [0, 0.1) is 10.8 Å². The third-order valence-corrected chi connectivity index (χ3v) is 4.18. The molecule has 1 aliphatic rings. The van der Waals surface area contributed by atoms with Crippen molar-refractivity contribution in [2.45, 2.75) is 53.0 Å². The lowest BCUT2D eigenvalue weighted by Crippen LogP contribution is -2.29. The predicted octanol–water partition coefficient (Wildman–Crippen LogP) is 1.67. The molecule has 0 aromatic heterocycles. The second-order valence-corrected chi connectivity index (χ2v) is 5.69. The average Bonchev–Trinajstić information content (AvgIpc) is 2.49. The van der Waals surface area contributed by atoms with Gasteiger partial charge in [0.2, 0.25) is 5.91 Å². The smallest absolute Gasteiger partial charge is 0.220 e. The van der Waals surface area contributed by atoms with Gasteiger partial charge in [0.15, 0.2) is 0 Å². The zero-order valence-electron chi connectivity index (χ0n) is 10.4. The summed E-state index contributed by atoms with van der Waals surface area (Å²) in [5.41, 5.74) is 5.85. The Morgan fingerprint density at radius 2 is 1.73 bits per heavy atom. The summed E-state index contributed by atoms with van der Waals surface area (Å²) in [7, 11) is 0. The van der Waals surface area contributed by atoms with Crippen LogP contribution in [0.15, 0.2) is 0 Å². The Hall–Kier alpha value is -0.570. The lowest BCUT2D eigenvalue weighted by atomic mass is 10.0. The number of nitrogens with two attached hydrogens (primary N) is 1. The standard InChI is InChI=1S/C12H24N2O/c1-11(2)10(12(11,3)4)14-9(15)7-5-6-8-13/h10H,5-8,13H2,1-4H3,(H,14,15). The quantitative estimate of drug-likeness (QED) is 0.681. The molecule has 1 aliphatic carbocycles. The van der Waals surface area contributed by atoms with Gasteiger partial charge in [-0.15, -0.1) is 0 Å². The van der Waals surface area contributed by atoms with Crippen LogP contribution >= 0.6 is 0 Å². The summed E-state index contributed by atoms with van der Waals surface area (Å²) in [6.45, 7) is 9.50. The first-order valence-electron chi connectivity index (χ1n) is 5.83. The summed E-state index contributed by atoms with van der Waals surface area (Å²) < 4.78 is 0. The molecule has 1 saturated carbocycles. The molecule has 15 heavy (non-hydrogen) atoms. The Balaban J connectivity index is 2.29. The molecule has 1 fully saturated rings. The first-order chi connectivity index (χ1) is 6.84. The van der Waals surface area contributed by atoms with E-state index in [-0.39, 0.29) is 16.7 Å². The highest BCUT2D eigenvalue weighted by Crippen LogP contribution is 2.62. The molecule has 0 aromatic rings. The van der Waals surface area contributed by atoms with Gasteiger partial charge in [-0.05, 0) is 30.2 Å². The van der Waals surface area contributed by atoms with Crippen molar-refractivity contribution in [3.05, 3.63) is 0 Å². The largest absolute Gasteiger partial charge is 0.352 e. The zero-order chi connectivity index (χ0) is 11.7. The maximum absolute atomic E-state index is 11.6. The normalized spacial score (nSPS) is 22.5. The zero-order valence-corrected chi connectivity index (χ0v) is 10.4. The van der Waals surface area contributed by atoms with Gasteiger partial charge in [-0.25, -0.2) is 0 Å². The number of amides is 1. The Kier molecular flexibility index (Phi) is 3.44. The molecule has 3 heteroatoms. The molecule has 1 rings (SSSR count). The monoisotopic (exact) mass is 212 g/mol. The highest BCUT2D eigenvalue weighted by molar-refractivity contribution is 5.77. The molecule has 3 nitrogen and oxygen atoms in total. The Bertz CT molecular complexity index is 232. The number of hydrogen-bond donors (Lipinski definition) is 2. The Morgan fingerprint density at radius 1 is 1.20 bits per heavy atom.